The summed E-state index contributed by atoms with van der Waals surface area (Å²) in [6.45, 7) is 6.61. The standard InChI is InChI=1S/C19H28N4O2.2C2H2O4/c20-19(25)17-6-8-23(9-7-17)18(24)15-22-12-10-21(11-13-22)14-16-4-2-1-3-5-16;2*3-1(4)2(5)6/h1-5,17H,6-15H2,(H2,20,25);2*(H,3,4)(H,5,6). The molecule has 37 heavy (non-hydrogen) atoms. The summed E-state index contributed by atoms with van der Waals surface area (Å²) in [5.41, 5.74) is 6.69. The molecule has 0 radical (unpaired) electrons. The average molecular weight is 525 g/mol. The maximum absolute atomic E-state index is 12.5. The summed E-state index contributed by atoms with van der Waals surface area (Å²) >= 11 is 0. The number of nitrogens with zero attached hydrogens (tertiary/aromatic N) is 3. The predicted octanol–water partition coefficient (Wildman–Crippen LogP) is -1.16. The highest BCUT2D eigenvalue weighted by atomic mass is 16.4. The smallest absolute Gasteiger partial charge is 0.414 e. The van der Waals surface area contributed by atoms with E-state index in [2.05, 4.69) is 34.1 Å². The van der Waals surface area contributed by atoms with Crippen molar-refractivity contribution < 1.29 is 49.2 Å². The first-order valence-electron chi connectivity index (χ1n) is 11.4. The van der Waals surface area contributed by atoms with E-state index in [1.54, 1.807) is 0 Å². The lowest BCUT2D eigenvalue weighted by Gasteiger charge is -2.36. The number of rotatable bonds is 5. The molecule has 0 unspecified atom stereocenters. The zero-order valence-corrected chi connectivity index (χ0v) is 20.2. The second-order valence-corrected chi connectivity index (χ2v) is 8.32. The van der Waals surface area contributed by atoms with Gasteiger partial charge >= 0.3 is 23.9 Å². The minimum Gasteiger partial charge on any atom is -0.473 e. The van der Waals surface area contributed by atoms with Crippen LogP contribution in [0.1, 0.15) is 18.4 Å². The van der Waals surface area contributed by atoms with E-state index in [0.717, 1.165) is 32.7 Å². The molecule has 2 fully saturated rings. The maximum Gasteiger partial charge on any atom is 0.414 e. The molecule has 204 valence electrons. The molecule has 2 aliphatic heterocycles. The third-order valence-electron chi connectivity index (χ3n) is 5.69. The molecule has 2 saturated heterocycles. The van der Waals surface area contributed by atoms with Crippen LogP contribution in [-0.2, 0) is 35.3 Å². The largest absolute Gasteiger partial charge is 0.473 e. The quantitative estimate of drug-likeness (QED) is 0.288. The number of carboxylic acids is 4. The van der Waals surface area contributed by atoms with Crippen molar-refractivity contribution in [2.24, 2.45) is 11.7 Å². The van der Waals surface area contributed by atoms with Gasteiger partial charge in [0.15, 0.2) is 0 Å². The zero-order valence-electron chi connectivity index (χ0n) is 20.2. The molecule has 14 heteroatoms. The number of piperazine rings is 1. The number of carboxylic acid groups (broad SMARTS) is 4. The van der Waals surface area contributed by atoms with Crippen LogP contribution in [0.5, 0.6) is 0 Å². The van der Waals surface area contributed by atoms with Crippen LogP contribution < -0.4 is 5.73 Å². The molecule has 6 N–H and O–H groups in total. The number of piperidine rings is 1. The number of carbonyl (C=O) groups is 6. The van der Waals surface area contributed by atoms with E-state index < -0.39 is 23.9 Å². The Morgan fingerprint density at radius 2 is 1.14 bits per heavy atom. The second kappa shape index (κ2) is 15.9. The minimum absolute atomic E-state index is 0.0643. The average Bonchev–Trinajstić information content (AvgIpc) is 2.86. The van der Waals surface area contributed by atoms with Crippen molar-refractivity contribution in [3.05, 3.63) is 35.9 Å². The Morgan fingerprint density at radius 1 is 0.703 bits per heavy atom. The summed E-state index contributed by atoms with van der Waals surface area (Å²) in [6, 6.07) is 10.5. The number of hydrogen-bond acceptors (Lipinski definition) is 8. The lowest BCUT2D eigenvalue weighted by Crippen LogP contribution is -2.51. The molecule has 2 aliphatic rings. The topological polar surface area (TPSA) is 219 Å². The maximum atomic E-state index is 12.5. The fourth-order valence-electron chi connectivity index (χ4n) is 3.65. The summed E-state index contributed by atoms with van der Waals surface area (Å²) in [7, 11) is 0. The number of aliphatic carboxylic acids is 4. The summed E-state index contributed by atoms with van der Waals surface area (Å²) in [5, 5.41) is 29.6. The molecule has 0 atom stereocenters. The van der Waals surface area contributed by atoms with Gasteiger partial charge in [-0.3, -0.25) is 19.4 Å². The number of likely N-dealkylation sites (tertiary alicyclic amines) is 1. The number of nitrogens with two attached hydrogens (primary N) is 1. The van der Waals surface area contributed by atoms with Gasteiger partial charge in [0.1, 0.15) is 0 Å². The molecule has 0 bridgehead atoms. The Kier molecular flexibility index (Phi) is 13.3. The van der Waals surface area contributed by atoms with E-state index in [-0.39, 0.29) is 17.7 Å². The Bertz CT molecular complexity index is 892. The van der Waals surface area contributed by atoms with E-state index in [4.69, 9.17) is 45.3 Å². The molecule has 0 aromatic heterocycles. The molecule has 14 nitrogen and oxygen atoms in total. The van der Waals surface area contributed by atoms with Gasteiger partial charge in [0.05, 0.1) is 6.54 Å². The van der Waals surface area contributed by atoms with Gasteiger partial charge in [0.2, 0.25) is 11.8 Å². The molecule has 3 rings (SSSR count). The van der Waals surface area contributed by atoms with E-state index in [1.807, 2.05) is 11.0 Å². The van der Waals surface area contributed by atoms with Gasteiger partial charge in [-0.1, -0.05) is 30.3 Å². The van der Waals surface area contributed by atoms with Crippen LogP contribution in [0.15, 0.2) is 30.3 Å². The molecule has 1 aromatic carbocycles. The Labute approximate surface area is 212 Å². The van der Waals surface area contributed by atoms with E-state index in [0.29, 0.717) is 32.5 Å². The first-order valence-corrected chi connectivity index (χ1v) is 11.4. The van der Waals surface area contributed by atoms with Crippen LogP contribution >= 0.6 is 0 Å². The lowest BCUT2D eigenvalue weighted by atomic mass is 9.96. The highest BCUT2D eigenvalue weighted by Gasteiger charge is 2.27. The molecule has 0 saturated carbocycles. The van der Waals surface area contributed by atoms with Crippen LogP contribution in [0.25, 0.3) is 0 Å². The van der Waals surface area contributed by atoms with Crippen LogP contribution in [0.3, 0.4) is 0 Å². The molecular formula is C23H32N4O10. The van der Waals surface area contributed by atoms with Crippen LogP contribution in [0.4, 0.5) is 0 Å². The predicted molar refractivity (Wildman–Crippen MR) is 127 cm³/mol. The molecule has 2 amide bonds. The van der Waals surface area contributed by atoms with Crippen molar-refractivity contribution in [2.75, 3.05) is 45.8 Å². The first kappa shape index (κ1) is 31.0. The highest BCUT2D eigenvalue weighted by molar-refractivity contribution is 6.27. The normalized spacial score (nSPS) is 16.3. The van der Waals surface area contributed by atoms with E-state index in [1.165, 1.54) is 5.56 Å². The summed E-state index contributed by atoms with van der Waals surface area (Å²) in [5.74, 6) is -7.42. The van der Waals surface area contributed by atoms with E-state index in [9.17, 15) is 9.59 Å². The minimum atomic E-state index is -1.82. The fraction of sp³-hybridized carbons (Fsp3) is 0.478. The summed E-state index contributed by atoms with van der Waals surface area (Å²) < 4.78 is 0. The van der Waals surface area contributed by atoms with Crippen molar-refractivity contribution in [1.82, 2.24) is 14.7 Å². The number of primary amides is 1. The molecule has 0 spiro atoms. The Balaban J connectivity index is 0.000000476. The third-order valence-corrected chi connectivity index (χ3v) is 5.69. The van der Waals surface area contributed by atoms with Gasteiger partial charge < -0.3 is 31.1 Å². The number of carbonyl (C=O) groups excluding carboxylic acids is 2. The van der Waals surface area contributed by atoms with Crippen molar-refractivity contribution in [1.29, 1.82) is 0 Å². The second-order valence-electron chi connectivity index (χ2n) is 8.32. The van der Waals surface area contributed by atoms with Crippen molar-refractivity contribution in [3.8, 4) is 0 Å². The lowest BCUT2D eigenvalue weighted by molar-refractivity contribution is -0.159. The van der Waals surface area contributed by atoms with Crippen LogP contribution in [0.2, 0.25) is 0 Å². The zero-order chi connectivity index (χ0) is 28.0. The van der Waals surface area contributed by atoms with Gasteiger partial charge in [-0.15, -0.1) is 0 Å². The van der Waals surface area contributed by atoms with Gasteiger partial charge in [-0.05, 0) is 18.4 Å². The Morgan fingerprint density at radius 3 is 1.54 bits per heavy atom. The fourth-order valence-corrected chi connectivity index (χ4v) is 3.65. The summed E-state index contributed by atoms with van der Waals surface area (Å²) in [4.78, 5) is 66.6. The van der Waals surface area contributed by atoms with Crippen molar-refractivity contribution >= 4 is 35.7 Å². The first-order chi connectivity index (χ1) is 17.4. The molecule has 2 heterocycles. The van der Waals surface area contributed by atoms with Gasteiger partial charge in [0, 0.05) is 51.7 Å². The molecular weight excluding hydrogens is 492 g/mol. The number of benzene rings is 1. The van der Waals surface area contributed by atoms with Crippen molar-refractivity contribution in [2.45, 2.75) is 19.4 Å². The van der Waals surface area contributed by atoms with Crippen LogP contribution in [0, 0.1) is 5.92 Å². The van der Waals surface area contributed by atoms with Gasteiger partial charge in [0.25, 0.3) is 0 Å². The monoisotopic (exact) mass is 524 g/mol. The van der Waals surface area contributed by atoms with Crippen molar-refractivity contribution in [3.63, 3.8) is 0 Å². The SMILES string of the molecule is NC(=O)C1CCN(C(=O)CN2CCN(Cc3ccccc3)CC2)CC1.O=C(O)C(=O)O.O=C(O)C(=O)O. The Hall–Kier alpha value is -4.04. The molecule has 0 aliphatic carbocycles. The number of amides is 2. The summed E-state index contributed by atoms with van der Waals surface area (Å²) in [6.07, 6.45) is 1.40. The van der Waals surface area contributed by atoms with Crippen LogP contribution in [-0.4, -0.2) is 117 Å². The van der Waals surface area contributed by atoms with Gasteiger partial charge in [-0.25, -0.2) is 19.2 Å². The third kappa shape index (κ3) is 12.5. The van der Waals surface area contributed by atoms with Gasteiger partial charge in [-0.2, -0.15) is 0 Å². The number of hydrogen-bond donors (Lipinski definition) is 5. The van der Waals surface area contributed by atoms with E-state index >= 15 is 0 Å². The molecule has 1 aromatic rings. The highest BCUT2D eigenvalue weighted by Crippen LogP contribution is 2.17.